The molecule has 0 saturated carbocycles. The van der Waals surface area contributed by atoms with Gasteiger partial charge in [0, 0.05) is 6.20 Å². The summed E-state index contributed by atoms with van der Waals surface area (Å²) in [5, 5.41) is 0.205. The topological polar surface area (TPSA) is 16.1 Å². The van der Waals surface area contributed by atoms with Gasteiger partial charge in [-0.2, -0.15) is 13.2 Å². The average molecular weight is 265 g/mol. The summed E-state index contributed by atoms with van der Waals surface area (Å²) in [5.74, 6) is 0. The fourth-order valence-corrected chi connectivity index (χ4v) is 2.27. The molecule has 1 atom stereocenters. The van der Waals surface area contributed by atoms with Crippen molar-refractivity contribution in [3.05, 3.63) is 29.0 Å². The van der Waals surface area contributed by atoms with Crippen LogP contribution in [-0.2, 0) is 0 Å². The maximum atomic E-state index is 13.1. The van der Waals surface area contributed by atoms with Crippen LogP contribution in [0, 0.1) is 0 Å². The van der Waals surface area contributed by atoms with E-state index in [1.54, 1.807) is 0 Å². The third kappa shape index (κ3) is 2.90. The Balaban J connectivity index is 2.29. The van der Waals surface area contributed by atoms with Crippen LogP contribution >= 0.6 is 11.6 Å². The number of hydrogen-bond acceptors (Lipinski definition) is 2. The lowest BCUT2D eigenvalue weighted by Gasteiger charge is -2.29. The first-order valence-electron chi connectivity index (χ1n) is 5.41. The molecular formula is C11H12ClF3N2. The smallest absolute Gasteiger partial charge is 0.289 e. The van der Waals surface area contributed by atoms with Crippen molar-refractivity contribution in [3.8, 4) is 0 Å². The van der Waals surface area contributed by atoms with Crippen molar-refractivity contribution in [2.75, 3.05) is 13.1 Å². The summed E-state index contributed by atoms with van der Waals surface area (Å²) in [6.45, 7) is 0.958. The van der Waals surface area contributed by atoms with Gasteiger partial charge in [-0.3, -0.25) is 4.90 Å². The van der Waals surface area contributed by atoms with E-state index in [4.69, 9.17) is 11.6 Å². The zero-order chi connectivity index (χ0) is 12.5. The summed E-state index contributed by atoms with van der Waals surface area (Å²) >= 11 is 5.58. The van der Waals surface area contributed by atoms with Crippen LogP contribution in [0.5, 0.6) is 0 Å². The molecule has 94 valence electrons. The molecule has 2 rings (SSSR count). The van der Waals surface area contributed by atoms with Gasteiger partial charge in [0.1, 0.15) is 11.2 Å². The quantitative estimate of drug-likeness (QED) is 0.761. The van der Waals surface area contributed by atoms with Crippen LogP contribution < -0.4 is 0 Å². The van der Waals surface area contributed by atoms with Crippen molar-refractivity contribution in [1.29, 1.82) is 0 Å². The Kier molecular flexibility index (Phi) is 3.58. The molecule has 0 aromatic carbocycles. The monoisotopic (exact) mass is 264 g/mol. The van der Waals surface area contributed by atoms with E-state index in [-0.39, 0.29) is 10.7 Å². The molecule has 17 heavy (non-hydrogen) atoms. The Labute approximate surface area is 102 Å². The minimum Gasteiger partial charge on any atom is -0.289 e. The van der Waals surface area contributed by atoms with Gasteiger partial charge in [-0.05, 0) is 37.6 Å². The Morgan fingerprint density at radius 2 is 1.88 bits per heavy atom. The molecule has 1 aliphatic heterocycles. The van der Waals surface area contributed by atoms with Gasteiger partial charge in [0.2, 0.25) is 0 Å². The van der Waals surface area contributed by atoms with Crippen molar-refractivity contribution >= 4 is 11.6 Å². The molecule has 2 heterocycles. The molecule has 1 aromatic rings. The number of pyridine rings is 1. The van der Waals surface area contributed by atoms with E-state index >= 15 is 0 Å². The van der Waals surface area contributed by atoms with E-state index in [1.807, 2.05) is 0 Å². The van der Waals surface area contributed by atoms with Crippen LogP contribution in [0.25, 0.3) is 0 Å². The van der Waals surface area contributed by atoms with Crippen LogP contribution in [0.15, 0.2) is 18.3 Å². The van der Waals surface area contributed by atoms with Gasteiger partial charge in [-0.1, -0.05) is 17.7 Å². The molecule has 0 N–H and O–H groups in total. The van der Waals surface area contributed by atoms with Crippen molar-refractivity contribution in [3.63, 3.8) is 0 Å². The highest BCUT2D eigenvalue weighted by Crippen LogP contribution is 2.39. The molecule has 6 heteroatoms. The Morgan fingerprint density at radius 1 is 1.24 bits per heavy atom. The molecule has 0 bridgehead atoms. The standard InChI is InChI=1S/C11H12ClF3N2/c12-9-4-3-8(7-16-9)10(11(13,14)15)17-5-1-2-6-17/h3-4,7,10H,1-2,5-6H2/t10-/m1/s1. The van der Waals surface area contributed by atoms with Gasteiger partial charge in [-0.15, -0.1) is 0 Å². The summed E-state index contributed by atoms with van der Waals surface area (Å²) in [6, 6.07) is 1.23. The largest absolute Gasteiger partial charge is 0.408 e. The second-order valence-electron chi connectivity index (χ2n) is 4.10. The van der Waals surface area contributed by atoms with Crippen LogP contribution in [0.3, 0.4) is 0 Å². The van der Waals surface area contributed by atoms with Crippen molar-refractivity contribution in [1.82, 2.24) is 9.88 Å². The summed E-state index contributed by atoms with van der Waals surface area (Å²) in [4.78, 5) is 5.17. The minimum atomic E-state index is -4.28. The van der Waals surface area contributed by atoms with Gasteiger partial charge < -0.3 is 0 Å². The minimum absolute atomic E-state index is 0.156. The van der Waals surface area contributed by atoms with Crippen molar-refractivity contribution < 1.29 is 13.2 Å². The summed E-state index contributed by atoms with van der Waals surface area (Å²) < 4.78 is 39.2. The fraction of sp³-hybridized carbons (Fsp3) is 0.545. The first kappa shape index (κ1) is 12.6. The highest BCUT2D eigenvalue weighted by Gasteiger charge is 2.45. The van der Waals surface area contributed by atoms with Crippen molar-refractivity contribution in [2.24, 2.45) is 0 Å². The van der Waals surface area contributed by atoms with Crippen molar-refractivity contribution in [2.45, 2.75) is 25.1 Å². The molecule has 1 aliphatic rings. The second kappa shape index (κ2) is 4.82. The maximum absolute atomic E-state index is 13.1. The summed E-state index contributed by atoms with van der Waals surface area (Å²) in [7, 11) is 0. The van der Waals surface area contributed by atoms with Gasteiger partial charge in [0.15, 0.2) is 0 Å². The first-order chi connectivity index (χ1) is 7.98. The fourth-order valence-electron chi connectivity index (χ4n) is 2.16. The normalized spacial score (nSPS) is 19.5. The maximum Gasteiger partial charge on any atom is 0.408 e. The first-order valence-corrected chi connectivity index (χ1v) is 5.78. The Hall–Kier alpha value is -0.810. The van der Waals surface area contributed by atoms with Crippen LogP contribution in [-0.4, -0.2) is 29.1 Å². The number of halogens is 4. The SMILES string of the molecule is FC(F)(F)[C@@H](c1ccc(Cl)nc1)N1CCCC1. The number of aromatic nitrogens is 1. The molecule has 2 nitrogen and oxygen atoms in total. The number of alkyl halides is 3. The van der Waals surface area contributed by atoms with Gasteiger partial charge in [-0.25, -0.2) is 4.98 Å². The molecule has 1 fully saturated rings. The molecule has 1 aromatic heterocycles. The van der Waals surface area contributed by atoms with E-state index in [0.717, 1.165) is 12.8 Å². The van der Waals surface area contributed by atoms with Crippen LogP contribution in [0.4, 0.5) is 13.2 Å². The van der Waals surface area contributed by atoms with E-state index in [9.17, 15) is 13.2 Å². The van der Waals surface area contributed by atoms with Crippen LogP contribution in [0.2, 0.25) is 5.15 Å². The highest BCUT2D eigenvalue weighted by molar-refractivity contribution is 6.29. The predicted molar refractivity (Wildman–Crippen MR) is 58.9 cm³/mol. The molecular weight excluding hydrogens is 253 g/mol. The van der Waals surface area contributed by atoms with Gasteiger partial charge in [0.05, 0.1) is 0 Å². The van der Waals surface area contributed by atoms with E-state index in [2.05, 4.69) is 4.98 Å². The number of nitrogens with zero attached hydrogens (tertiary/aromatic N) is 2. The zero-order valence-corrected chi connectivity index (χ0v) is 9.80. The summed E-state index contributed by atoms with van der Waals surface area (Å²) in [5.41, 5.74) is 0.156. The third-order valence-electron chi connectivity index (χ3n) is 2.88. The molecule has 0 radical (unpaired) electrons. The third-order valence-corrected chi connectivity index (χ3v) is 3.11. The Morgan fingerprint density at radius 3 is 2.35 bits per heavy atom. The molecule has 0 spiro atoms. The lowest BCUT2D eigenvalue weighted by molar-refractivity contribution is -0.183. The lowest BCUT2D eigenvalue weighted by atomic mass is 10.1. The molecule has 0 unspecified atom stereocenters. The molecule has 1 saturated heterocycles. The Bertz CT molecular complexity index is 371. The van der Waals surface area contributed by atoms with E-state index in [1.165, 1.54) is 23.2 Å². The number of hydrogen-bond donors (Lipinski definition) is 0. The average Bonchev–Trinajstić information content (AvgIpc) is 2.72. The summed E-state index contributed by atoms with van der Waals surface area (Å²) in [6.07, 6.45) is -1.44. The number of likely N-dealkylation sites (tertiary alicyclic amines) is 1. The second-order valence-corrected chi connectivity index (χ2v) is 4.49. The number of rotatable bonds is 2. The predicted octanol–water partition coefficient (Wildman–Crippen LogP) is 3.43. The van der Waals surface area contributed by atoms with Crippen LogP contribution in [0.1, 0.15) is 24.4 Å². The zero-order valence-electron chi connectivity index (χ0n) is 9.04. The highest BCUT2D eigenvalue weighted by atomic mass is 35.5. The molecule has 0 aliphatic carbocycles. The van der Waals surface area contributed by atoms with E-state index < -0.39 is 12.2 Å². The molecule has 0 amide bonds. The van der Waals surface area contributed by atoms with E-state index in [0.29, 0.717) is 13.1 Å². The van der Waals surface area contributed by atoms with Gasteiger partial charge >= 0.3 is 6.18 Å². The van der Waals surface area contributed by atoms with Gasteiger partial charge in [0.25, 0.3) is 0 Å². The lowest BCUT2D eigenvalue weighted by Crippen LogP contribution is -2.36.